The van der Waals surface area contributed by atoms with Crippen molar-refractivity contribution >= 4 is 0 Å². The van der Waals surface area contributed by atoms with Gasteiger partial charge in [-0.15, -0.1) is 0 Å². The van der Waals surface area contributed by atoms with E-state index in [9.17, 15) is 52.9 Å². The van der Waals surface area contributed by atoms with Gasteiger partial charge in [0, 0.05) is 0 Å². The number of halogens is 12. The number of alkyl halides is 10. The van der Waals surface area contributed by atoms with Crippen LogP contribution in [0.3, 0.4) is 0 Å². The van der Waals surface area contributed by atoms with Gasteiger partial charge in [0.05, 0.1) is 11.8 Å². The molecule has 1 nitrogen and oxygen atoms in total. The van der Waals surface area contributed by atoms with Crippen molar-refractivity contribution in [3.63, 3.8) is 0 Å². The Morgan fingerprint density at radius 2 is 1.11 bits per heavy atom. The first-order chi connectivity index (χ1) is 8.08. The van der Waals surface area contributed by atoms with Crippen LogP contribution in [0.15, 0.2) is 0 Å². The van der Waals surface area contributed by atoms with Gasteiger partial charge in [0.1, 0.15) is 0 Å². The molecule has 0 spiro atoms. The summed E-state index contributed by atoms with van der Waals surface area (Å²) in [6, 6.07) is 0. The normalized spacial score (nSPS) is 16.9. The molecule has 0 bridgehead atoms. The summed E-state index contributed by atoms with van der Waals surface area (Å²) in [7, 11) is 0. The molecule has 0 aliphatic heterocycles. The summed E-state index contributed by atoms with van der Waals surface area (Å²) in [6.45, 7) is 0. The first-order valence-corrected chi connectivity index (χ1v) is 4.03. The topological polar surface area (TPSA) is 3.24 Å². The Balaban J connectivity index is 5.39. The molecule has 0 amide bonds. The van der Waals surface area contributed by atoms with Crippen LogP contribution in [0.1, 0.15) is 6.42 Å². The monoisotopic (exact) mass is 317 g/mol. The molecule has 0 aromatic heterocycles. The molecule has 0 saturated heterocycles. The summed E-state index contributed by atoms with van der Waals surface area (Å²) in [5.74, 6) is -20.7. The van der Waals surface area contributed by atoms with Crippen LogP contribution >= 0.6 is 0 Å². The zero-order valence-electron chi connectivity index (χ0n) is 8.27. The Morgan fingerprint density at radius 1 is 0.737 bits per heavy atom. The average molecular weight is 317 g/mol. The maximum absolute atomic E-state index is 12.5. The predicted molar refractivity (Wildman–Crippen MR) is 34.5 cm³/mol. The average Bonchev–Trinajstić information content (AvgIpc) is 2.14. The molecule has 0 radical (unpaired) electrons. The van der Waals surface area contributed by atoms with Crippen molar-refractivity contribution in [2.24, 2.45) is 0 Å². The highest BCUT2D eigenvalue weighted by Crippen LogP contribution is 2.54. The van der Waals surface area contributed by atoms with Gasteiger partial charge in [-0.25, -0.2) is 4.39 Å². The lowest BCUT2D eigenvalue weighted by Gasteiger charge is -2.34. The van der Waals surface area contributed by atoms with Crippen LogP contribution in [0.4, 0.5) is 52.9 Å². The van der Waals surface area contributed by atoms with Crippen LogP contribution in [0.5, 0.6) is 0 Å². The number of nitrogens with zero attached hydrogens (tertiary/aromatic N) is 1. The van der Waals surface area contributed by atoms with Gasteiger partial charge in [0.25, 0.3) is 0 Å². The molecule has 1 atom stereocenters. The fourth-order valence-electron chi connectivity index (χ4n) is 0.816. The van der Waals surface area contributed by atoms with Gasteiger partial charge in [-0.05, 0) is 0 Å². The third-order valence-corrected chi connectivity index (χ3v) is 1.85. The lowest BCUT2D eigenvalue weighted by atomic mass is 10.0. The molecule has 13 heteroatoms. The van der Waals surface area contributed by atoms with E-state index in [2.05, 4.69) is 0 Å². The van der Waals surface area contributed by atoms with Gasteiger partial charge in [0.15, 0.2) is 0 Å². The molecule has 0 aliphatic carbocycles. The van der Waals surface area contributed by atoms with Crippen molar-refractivity contribution < 1.29 is 52.9 Å². The second-order valence-corrected chi connectivity index (χ2v) is 3.25. The molecular formula is C6H3F12N. The standard InChI is InChI=1S/C6H3F12N/c7-2(19(17)18)1-3(8,9)4(10,11)5(12,13)6(14,15)16/h2H,1H2. The van der Waals surface area contributed by atoms with E-state index >= 15 is 0 Å². The SMILES string of the molecule is FC(CC(F)(F)C(F)(F)C(F)(F)C(F)(F)F)N(F)F. The minimum atomic E-state index is -7.22. The molecular weight excluding hydrogens is 314 g/mol. The Hall–Kier alpha value is -0.880. The lowest BCUT2D eigenvalue weighted by Crippen LogP contribution is -2.61. The summed E-state index contributed by atoms with van der Waals surface area (Å²) in [5, 5.41) is -2.67. The third kappa shape index (κ3) is 3.17. The second-order valence-electron chi connectivity index (χ2n) is 3.25. The maximum atomic E-state index is 12.5. The molecule has 0 N–H and O–H groups in total. The fourth-order valence-corrected chi connectivity index (χ4v) is 0.816. The van der Waals surface area contributed by atoms with Gasteiger partial charge < -0.3 is 0 Å². The van der Waals surface area contributed by atoms with Crippen LogP contribution < -0.4 is 0 Å². The van der Waals surface area contributed by atoms with E-state index in [0.29, 0.717) is 0 Å². The van der Waals surface area contributed by atoms with Gasteiger partial charge in [0.2, 0.25) is 6.30 Å². The van der Waals surface area contributed by atoms with Crippen molar-refractivity contribution in [3.05, 3.63) is 0 Å². The van der Waals surface area contributed by atoms with Crippen molar-refractivity contribution in [1.82, 2.24) is 5.34 Å². The molecule has 0 fully saturated rings. The van der Waals surface area contributed by atoms with E-state index in [-0.39, 0.29) is 0 Å². The van der Waals surface area contributed by atoms with E-state index in [0.717, 1.165) is 0 Å². The van der Waals surface area contributed by atoms with Crippen LogP contribution in [-0.2, 0) is 0 Å². The van der Waals surface area contributed by atoms with Crippen molar-refractivity contribution in [2.45, 2.75) is 36.7 Å². The van der Waals surface area contributed by atoms with Crippen molar-refractivity contribution in [2.75, 3.05) is 0 Å². The van der Waals surface area contributed by atoms with E-state index in [1.165, 1.54) is 0 Å². The summed E-state index contributed by atoms with van der Waals surface area (Å²) < 4.78 is 144. The fraction of sp³-hybridized carbons (Fsp3) is 1.00. The van der Waals surface area contributed by atoms with Crippen LogP contribution in [0.25, 0.3) is 0 Å². The molecule has 0 aromatic carbocycles. The lowest BCUT2D eigenvalue weighted by molar-refractivity contribution is -0.401. The number of hydrogen-bond donors (Lipinski definition) is 0. The molecule has 0 aromatic rings. The Bertz CT molecular complexity index is 306. The molecule has 1 unspecified atom stereocenters. The third-order valence-electron chi connectivity index (χ3n) is 1.85. The number of rotatable bonds is 5. The van der Waals surface area contributed by atoms with Crippen molar-refractivity contribution in [3.8, 4) is 0 Å². The molecule has 0 heterocycles. The summed E-state index contributed by atoms with van der Waals surface area (Å²) in [5.41, 5.74) is 0. The Labute approximate surface area is 96.2 Å². The summed E-state index contributed by atoms with van der Waals surface area (Å²) >= 11 is 0. The Kier molecular flexibility index (Phi) is 4.68. The summed E-state index contributed by atoms with van der Waals surface area (Å²) in [4.78, 5) is 0. The highest BCUT2D eigenvalue weighted by atomic mass is 19.4. The molecule has 0 rings (SSSR count). The van der Waals surface area contributed by atoms with Gasteiger partial charge in [-0.1, -0.05) is 8.96 Å². The highest BCUT2D eigenvalue weighted by molar-refractivity contribution is 5.00. The molecule has 19 heavy (non-hydrogen) atoms. The van der Waals surface area contributed by atoms with Gasteiger partial charge in [-0.2, -0.15) is 39.5 Å². The minimum absolute atomic E-state index is 2.67. The zero-order valence-corrected chi connectivity index (χ0v) is 8.27. The van der Waals surface area contributed by atoms with E-state index < -0.39 is 42.0 Å². The van der Waals surface area contributed by atoms with Crippen LogP contribution in [-0.4, -0.2) is 35.6 Å². The van der Waals surface area contributed by atoms with Crippen molar-refractivity contribution in [1.29, 1.82) is 0 Å². The minimum Gasteiger partial charge on any atom is -0.224 e. The van der Waals surface area contributed by atoms with Gasteiger partial charge >= 0.3 is 23.9 Å². The van der Waals surface area contributed by atoms with E-state index in [4.69, 9.17) is 0 Å². The zero-order chi connectivity index (χ0) is 15.9. The van der Waals surface area contributed by atoms with Crippen LogP contribution in [0, 0.1) is 0 Å². The quantitative estimate of drug-likeness (QED) is 0.417. The first-order valence-electron chi connectivity index (χ1n) is 4.03. The number of hydrogen-bond acceptors (Lipinski definition) is 1. The smallest absolute Gasteiger partial charge is 0.224 e. The van der Waals surface area contributed by atoms with Crippen LogP contribution in [0.2, 0.25) is 0 Å². The van der Waals surface area contributed by atoms with Gasteiger partial charge in [-0.3, -0.25) is 0 Å². The predicted octanol–water partition coefficient (Wildman–Crippen LogP) is 4.21. The molecule has 116 valence electrons. The van der Waals surface area contributed by atoms with E-state index in [1.807, 2.05) is 0 Å². The molecule has 0 saturated carbocycles. The Morgan fingerprint density at radius 3 is 1.37 bits per heavy atom. The highest BCUT2D eigenvalue weighted by Gasteiger charge is 2.81. The maximum Gasteiger partial charge on any atom is 0.460 e. The largest absolute Gasteiger partial charge is 0.460 e. The van der Waals surface area contributed by atoms with E-state index in [1.54, 1.807) is 0 Å². The first kappa shape index (κ1) is 18.1. The second kappa shape index (κ2) is 4.90. The molecule has 0 aliphatic rings. The summed E-state index contributed by atoms with van der Waals surface area (Å²) in [6.07, 6.45) is -14.5.